The normalized spacial score (nSPS) is 9.38. The van der Waals surface area contributed by atoms with E-state index >= 15 is 0 Å². The smallest absolute Gasteiger partial charge is 0.374 e. The molecule has 0 atom stereocenters. The van der Waals surface area contributed by atoms with Crippen molar-refractivity contribution in [2.45, 2.75) is 0 Å². The molecule has 0 bridgehead atoms. The Balaban J connectivity index is 3.16. The van der Waals surface area contributed by atoms with Crippen LogP contribution in [0.2, 0.25) is 0 Å². The Morgan fingerprint density at radius 3 is 2.62 bits per heavy atom. The van der Waals surface area contributed by atoms with E-state index < -0.39 is 5.97 Å². The van der Waals surface area contributed by atoms with E-state index in [1.54, 1.807) is 0 Å². The second-order valence-corrected chi connectivity index (χ2v) is 2.17. The molecule has 5 heteroatoms. The molecule has 1 aromatic heterocycles. The number of methoxy groups -OCH3 is 2. The molecule has 0 saturated heterocycles. The van der Waals surface area contributed by atoms with Crippen LogP contribution in [0.25, 0.3) is 0 Å². The number of rotatable bonds is 2. The zero-order valence-corrected chi connectivity index (χ0v) is 7.20. The van der Waals surface area contributed by atoms with Gasteiger partial charge in [0, 0.05) is 6.07 Å². The van der Waals surface area contributed by atoms with Crippen LogP contribution in [0.3, 0.4) is 0 Å². The SMILES string of the molecule is COC(=O)c1cc(=O)cc(OC)o1. The first-order valence-electron chi connectivity index (χ1n) is 3.45. The van der Waals surface area contributed by atoms with Gasteiger partial charge in [-0.1, -0.05) is 0 Å². The maximum atomic E-state index is 10.9. The van der Waals surface area contributed by atoms with Gasteiger partial charge >= 0.3 is 5.97 Å². The largest absolute Gasteiger partial charge is 0.468 e. The zero-order valence-electron chi connectivity index (χ0n) is 7.20. The first-order chi connectivity index (χ1) is 6.17. The van der Waals surface area contributed by atoms with Gasteiger partial charge in [0.25, 0.3) is 5.95 Å². The molecule has 0 saturated carbocycles. The number of carbonyl (C=O) groups is 1. The van der Waals surface area contributed by atoms with Gasteiger partial charge in [-0.3, -0.25) is 4.79 Å². The van der Waals surface area contributed by atoms with Crippen LogP contribution < -0.4 is 10.2 Å². The summed E-state index contributed by atoms with van der Waals surface area (Å²) in [4.78, 5) is 21.9. The van der Waals surface area contributed by atoms with Crippen LogP contribution in [0.5, 0.6) is 5.95 Å². The fraction of sp³-hybridized carbons (Fsp3) is 0.250. The van der Waals surface area contributed by atoms with Gasteiger partial charge in [0.1, 0.15) is 0 Å². The highest BCUT2D eigenvalue weighted by Crippen LogP contribution is 2.09. The Morgan fingerprint density at radius 2 is 2.08 bits per heavy atom. The number of carbonyl (C=O) groups excluding carboxylic acids is 1. The molecule has 1 aromatic rings. The average Bonchev–Trinajstić information content (AvgIpc) is 2.15. The van der Waals surface area contributed by atoms with Crippen molar-refractivity contribution >= 4 is 5.97 Å². The molecule has 0 aromatic carbocycles. The predicted molar refractivity (Wildman–Crippen MR) is 42.9 cm³/mol. The van der Waals surface area contributed by atoms with Crippen molar-refractivity contribution in [2.75, 3.05) is 14.2 Å². The molecule has 0 fully saturated rings. The van der Waals surface area contributed by atoms with E-state index in [0.29, 0.717) is 0 Å². The van der Waals surface area contributed by atoms with Crippen LogP contribution in [0.4, 0.5) is 0 Å². The molecule has 0 radical (unpaired) electrons. The third-order valence-electron chi connectivity index (χ3n) is 1.33. The van der Waals surface area contributed by atoms with Crippen LogP contribution in [0, 0.1) is 0 Å². The first-order valence-corrected chi connectivity index (χ1v) is 3.45. The van der Waals surface area contributed by atoms with E-state index in [1.165, 1.54) is 14.2 Å². The van der Waals surface area contributed by atoms with Gasteiger partial charge in [-0.15, -0.1) is 0 Å². The third-order valence-corrected chi connectivity index (χ3v) is 1.33. The van der Waals surface area contributed by atoms with E-state index in [-0.39, 0.29) is 17.1 Å². The van der Waals surface area contributed by atoms with E-state index in [4.69, 9.17) is 4.42 Å². The van der Waals surface area contributed by atoms with Crippen molar-refractivity contribution in [1.29, 1.82) is 0 Å². The predicted octanol–water partition coefficient (Wildman–Crippen LogP) is 0.435. The molecule has 1 rings (SSSR count). The molecular formula is C8H8O5. The summed E-state index contributed by atoms with van der Waals surface area (Å²) in [6.07, 6.45) is 0. The number of hydrogen-bond acceptors (Lipinski definition) is 5. The Kier molecular flexibility index (Phi) is 2.69. The second-order valence-electron chi connectivity index (χ2n) is 2.17. The van der Waals surface area contributed by atoms with Gasteiger partial charge in [0.15, 0.2) is 5.43 Å². The minimum Gasteiger partial charge on any atom is -0.468 e. The van der Waals surface area contributed by atoms with Gasteiger partial charge in [-0.05, 0) is 0 Å². The second kappa shape index (κ2) is 3.75. The Morgan fingerprint density at radius 1 is 1.38 bits per heavy atom. The highest BCUT2D eigenvalue weighted by molar-refractivity contribution is 5.85. The molecule has 70 valence electrons. The van der Waals surface area contributed by atoms with Gasteiger partial charge in [0.2, 0.25) is 5.76 Å². The summed E-state index contributed by atoms with van der Waals surface area (Å²) in [5.41, 5.74) is -0.372. The van der Waals surface area contributed by atoms with Crippen LogP contribution in [-0.4, -0.2) is 20.2 Å². The molecular weight excluding hydrogens is 176 g/mol. The van der Waals surface area contributed by atoms with Gasteiger partial charge in [0.05, 0.1) is 20.3 Å². The molecule has 0 N–H and O–H groups in total. The highest BCUT2D eigenvalue weighted by Gasteiger charge is 2.10. The maximum absolute atomic E-state index is 10.9. The lowest BCUT2D eigenvalue weighted by Gasteiger charge is -2.00. The molecule has 1 heterocycles. The van der Waals surface area contributed by atoms with Crippen LogP contribution in [-0.2, 0) is 4.74 Å². The van der Waals surface area contributed by atoms with E-state index in [0.717, 1.165) is 12.1 Å². The van der Waals surface area contributed by atoms with Crippen molar-refractivity contribution < 1.29 is 18.7 Å². The summed E-state index contributed by atoms with van der Waals surface area (Å²) < 4.78 is 13.9. The van der Waals surface area contributed by atoms with Gasteiger partial charge < -0.3 is 13.9 Å². The van der Waals surface area contributed by atoms with Crippen molar-refractivity contribution in [3.8, 4) is 5.95 Å². The Bertz CT molecular complexity index is 365. The van der Waals surface area contributed by atoms with Crippen LogP contribution in [0.15, 0.2) is 21.3 Å². The topological polar surface area (TPSA) is 65.7 Å². The average molecular weight is 184 g/mol. The first kappa shape index (κ1) is 9.31. The summed E-state index contributed by atoms with van der Waals surface area (Å²) in [5, 5.41) is 0. The lowest BCUT2D eigenvalue weighted by atomic mass is 10.4. The number of ether oxygens (including phenoxy) is 2. The standard InChI is InChI=1S/C8H8O5/c1-11-7-4-5(9)3-6(13-7)8(10)12-2/h3-4H,1-2H3. The summed E-state index contributed by atoms with van der Waals surface area (Å²) >= 11 is 0. The van der Waals surface area contributed by atoms with Crippen LogP contribution in [0.1, 0.15) is 10.6 Å². The number of esters is 1. The van der Waals surface area contributed by atoms with Gasteiger partial charge in [-0.25, -0.2) is 4.79 Å². The molecule has 0 aliphatic rings. The zero-order chi connectivity index (χ0) is 9.84. The lowest BCUT2D eigenvalue weighted by molar-refractivity contribution is 0.0554. The monoisotopic (exact) mass is 184 g/mol. The lowest BCUT2D eigenvalue weighted by Crippen LogP contribution is -2.07. The third kappa shape index (κ3) is 2.08. The van der Waals surface area contributed by atoms with E-state index in [2.05, 4.69) is 9.47 Å². The fourth-order valence-electron chi connectivity index (χ4n) is 0.756. The maximum Gasteiger partial charge on any atom is 0.374 e. The van der Waals surface area contributed by atoms with Crippen LogP contribution >= 0.6 is 0 Å². The molecule has 0 spiro atoms. The summed E-state index contributed by atoms with van der Waals surface area (Å²) in [7, 11) is 2.53. The summed E-state index contributed by atoms with van der Waals surface area (Å²) in [6, 6.07) is 2.17. The van der Waals surface area contributed by atoms with E-state index in [9.17, 15) is 9.59 Å². The molecule has 0 amide bonds. The summed E-state index contributed by atoms with van der Waals surface area (Å²) in [5.74, 6) is -0.907. The quantitative estimate of drug-likeness (QED) is 0.624. The molecule has 0 aliphatic carbocycles. The van der Waals surface area contributed by atoms with Crippen molar-refractivity contribution in [3.63, 3.8) is 0 Å². The molecule has 13 heavy (non-hydrogen) atoms. The minimum atomic E-state index is -0.712. The van der Waals surface area contributed by atoms with E-state index in [1.807, 2.05) is 0 Å². The fourth-order valence-corrected chi connectivity index (χ4v) is 0.756. The van der Waals surface area contributed by atoms with Crippen molar-refractivity contribution in [2.24, 2.45) is 0 Å². The van der Waals surface area contributed by atoms with Crippen molar-refractivity contribution in [1.82, 2.24) is 0 Å². The van der Waals surface area contributed by atoms with Crippen molar-refractivity contribution in [3.05, 3.63) is 28.1 Å². The Hall–Kier alpha value is -1.78. The molecule has 5 nitrogen and oxygen atoms in total. The number of hydrogen-bond donors (Lipinski definition) is 0. The molecule has 0 unspecified atom stereocenters. The highest BCUT2D eigenvalue weighted by atomic mass is 16.6. The van der Waals surface area contributed by atoms with Gasteiger partial charge in [-0.2, -0.15) is 0 Å². The summed E-state index contributed by atoms with van der Waals surface area (Å²) in [6.45, 7) is 0. The molecule has 0 aliphatic heterocycles. The Labute approximate surface area is 73.9 Å². The minimum absolute atomic E-state index is 0.0205.